The normalized spacial score (nSPS) is 10.5. The van der Waals surface area contributed by atoms with Gasteiger partial charge in [0.1, 0.15) is 0 Å². The fraction of sp³-hybridized carbons (Fsp3) is 0.533. The van der Waals surface area contributed by atoms with Crippen molar-refractivity contribution in [1.82, 2.24) is 10.2 Å². The van der Waals surface area contributed by atoms with E-state index in [1.165, 1.54) is 5.56 Å². The summed E-state index contributed by atoms with van der Waals surface area (Å²) in [4.78, 5) is 15.0. The largest absolute Gasteiger partial charge is 0.343 e. The number of nitrogens with one attached hydrogen (secondary N) is 1. The fourth-order valence-electron chi connectivity index (χ4n) is 1.83. The van der Waals surface area contributed by atoms with Crippen LogP contribution in [0.2, 0.25) is 0 Å². The van der Waals surface area contributed by atoms with Gasteiger partial charge in [0.05, 0.1) is 5.75 Å². The van der Waals surface area contributed by atoms with Crippen LogP contribution < -0.4 is 5.32 Å². The Morgan fingerprint density at radius 2 is 2.00 bits per heavy atom. The Hall–Kier alpha value is -1.00. The molecule has 4 heteroatoms. The lowest BCUT2D eigenvalue weighted by molar-refractivity contribution is -0.127. The number of carbonyl (C=O) groups is 1. The van der Waals surface area contributed by atoms with Crippen molar-refractivity contribution in [1.29, 1.82) is 0 Å². The zero-order valence-electron chi connectivity index (χ0n) is 12.1. The molecule has 1 N–H and O–H groups in total. The van der Waals surface area contributed by atoms with E-state index in [0.717, 1.165) is 31.1 Å². The monoisotopic (exact) mass is 280 g/mol. The molecule has 0 atom stereocenters. The molecule has 19 heavy (non-hydrogen) atoms. The van der Waals surface area contributed by atoms with Crippen molar-refractivity contribution >= 4 is 17.7 Å². The molecule has 0 aliphatic carbocycles. The molecule has 0 aliphatic heterocycles. The molecule has 0 radical (unpaired) electrons. The molecule has 0 fully saturated rings. The van der Waals surface area contributed by atoms with Gasteiger partial charge in [-0.2, -0.15) is 0 Å². The lowest BCUT2D eigenvalue weighted by atomic mass is 10.2. The molecule has 1 rings (SSSR count). The van der Waals surface area contributed by atoms with Gasteiger partial charge < -0.3 is 10.2 Å². The maximum atomic E-state index is 11.9. The zero-order chi connectivity index (χ0) is 14.1. The Balaban J connectivity index is 2.50. The molecular formula is C15H24N2OS. The van der Waals surface area contributed by atoms with Crippen LogP contribution >= 0.6 is 11.8 Å². The smallest absolute Gasteiger partial charge is 0.232 e. The van der Waals surface area contributed by atoms with Crippen LogP contribution in [0.4, 0.5) is 0 Å². The van der Waals surface area contributed by atoms with Gasteiger partial charge in [0.2, 0.25) is 5.91 Å². The highest BCUT2D eigenvalue weighted by Crippen LogP contribution is 2.19. The minimum atomic E-state index is 0.215. The standard InChI is InChI=1S/C15H24N2OS/c1-4-16-11-13-8-7-9-14(10-13)19-12-15(18)17(5-2)6-3/h7-10,16H,4-6,11-12H2,1-3H3. The molecule has 1 aromatic carbocycles. The molecule has 0 bridgehead atoms. The molecule has 106 valence electrons. The van der Waals surface area contributed by atoms with Gasteiger partial charge in [0, 0.05) is 24.5 Å². The molecule has 0 saturated heterocycles. The number of hydrogen-bond donors (Lipinski definition) is 1. The summed E-state index contributed by atoms with van der Waals surface area (Å²) >= 11 is 1.62. The van der Waals surface area contributed by atoms with Crippen LogP contribution in [0.5, 0.6) is 0 Å². The molecule has 0 aromatic heterocycles. The third kappa shape index (κ3) is 5.66. The molecule has 0 spiro atoms. The average molecular weight is 280 g/mol. The van der Waals surface area contributed by atoms with Crippen LogP contribution in [-0.2, 0) is 11.3 Å². The number of benzene rings is 1. The summed E-state index contributed by atoms with van der Waals surface area (Å²) < 4.78 is 0. The quantitative estimate of drug-likeness (QED) is 0.743. The number of thioether (sulfide) groups is 1. The Bertz CT molecular complexity index is 391. The highest BCUT2D eigenvalue weighted by Gasteiger charge is 2.09. The number of carbonyl (C=O) groups excluding carboxylic acids is 1. The summed E-state index contributed by atoms with van der Waals surface area (Å²) in [6.07, 6.45) is 0. The van der Waals surface area contributed by atoms with Gasteiger partial charge in [-0.05, 0) is 38.1 Å². The first kappa shape index (κ1) is 16.1. The van der Waals surface area contributed by atoms with Crippen LogP contribution in [0, 0.1) is 0 Å². The molecule has 1 amide bonds. The van der Waals surface area contributed by atoms with Gasteiger partial charge in [-0.15, -0.1) is 11.8 Å². The second-order valence-corrected chi connectivity index (χ2v) is 5.33. The summed E-state index contributed by atoms with van der Waals surface area (Å²) in [5, 5.41) is 3.31. The Morgan fingerprint density at radius 1 is 1.26 bits per heavy atom. The minimum absolute atomic E-state index is 0.215. The first-order chi connectivity index (χ1) is 9.21. The van der Waals surface area contributed by atoms with Gasteiger partial charge in [0.25, 0.3) is 0 Å². The third-order valence-corrected chi connectivity index (χ3v) is 3.93. The van der Waals surface area contributed by atoms with Crippen LogP contribution in [-0.4, -0.2) is 36.2 Å². The predicted octanol–water partition coefficient (Wildman–Crippen LogP) is 2.76. The molecular weight excluding hydrogens is 256 g/mol. The molecule has 0 heterocycles. The van der Waals surface area contributed by atoms with E-state index >= 15 is 0 Å². The van der Waals surface area contributed by atoms with E-state index in [1.807, 2.05) is 18.7 Å². The van der Waals surface area contributed by atoms with E-state index in [9.17, 15) is 4.79 Å². The molecule has 0 saturated carbocycles. The third-order valence-electron chi connectivity index (χ3n) is 2.96. The summed E-state index contributed by atoms with van der Waals surface area (Å²) in [6, 6.07) is 8.38. The number of amides is 1. The summed E-state index contributed by atoms with van der Waals surface area (Å²) in [5.41, 5.74) is 1.27. The van der Waals surface area contributed by atoms with E-state index in [-0.39, 0.29) is 5.91 Å². The van der Waals surface area contributed by atoms with Crippen molar-refractivity contribution in [2.75, 3.05) is 25.4 Å². The van der Waals surface area contributed by atoms with Crippen LogP contribution in [0.1, 0.15) is 26.3 Å². The second kappa shape index (κ2) is 8.99. The van der Waals surface area contributed by atoms with Crippen molar-refractivity contribution in [2.45, 2.75) is 32.2 Å². The van der Waals surface area contributed by atoms with Gasteiger partial charge >= 0.3 is 0 Å². The van der Waals surface area contributed by atoms with Gasteiger partial charge in [-0.25, -0.2) is 0 Å². The van der Waals surface area contributed by atoms with E-state index in [4.69, 9.17) is 0 Å². The average Bonchev–Trinajstić information content (AvgIpc) is 2.44. The highest BCUT2D eigenvalue weighted by atomic mass is 32.2. The predicted molar refractivity (Wildman–Crippen MR) is 82.5 cm³/mol. The van der Waals surface area contributed by atoms with E-state index in [0.29, 0.717) is 5.75 Å². The minimum Gasteiger partial charge on any atom is -0.343 e. The van der Waals surface area contributed by atoms with Crippen molar-refractivity contribution in [3.8, 4) is 0 Å². The summed E-state index contributed by atoms with van der Waals surface area (Å²) in [5.74, 6) is 0.735. The lowest BCUT2D eigenvalue weighted by Gasteiger charge is -2.18. The Labute approximate surface area is 120 Å². The number of hydrogen-bond acceptors (Lipinski definition) is 3. The maximum absolute atomic E-state index is 11.9. The highest BCUT2D eigenvalue weighted by molar-refractivity contribution is 8.00. The first-order valence-corrected chi connectivity index (χ1v) is 7.90. The summed E-state index contributed by atoms with van der Waals surface area (Å²) in [7, 11) is 0. The topological polar surface area (TPSA) is 32.3 Å². The number of nitrogens with zero attached hydrogens (tertiary/aromatic N) is 1. The Kier molecular flexibility index (Phi) is 7.60. The van der Waals surface area contributed by atoms with Gasteiger partial charge in [-0.1, -0.05) is 19.1 Å². The first-order valence-electron chi connectivity index (χ1n) is 6.91. The van der Waals surface area contributed by atoms with Crippen LogP contribution in [0.25, 0.3) is 0 Å². The number of rotatable bonds is 8. The second-order valence-electron chi connectivity index (χ2n) is 4.28. The summed E-state index contributed by atoms with van der Waals surface area (Å²) in [6.45, 7) is 9.56. The van der Waals surface area contributed by atoms with Crippen LogP contribution in [0.3, 0.4) is 0 Å². The maximum Gasteiger partial charge on any atom is 0.232 e. The fourth-order valence-corrected chi connectivity index (χ4v) is 2.71. The SMILES string of the molecule is CCNCc1cccc(SCC(=O)N(CC)CC)c1. The Morgan fingerprint density at radius 3 is 2.63 bits per heavy atom. The van der Waals surface area contributed by atoms with Crippen LogP contribution in [0.15, 0.2) is 29.2 Å². The van der Waals surface area contributed by atoms with E-state index in [2.05, 4.69) is 36.5 Å². The van der Waals surface area contributed by atoms with E-state index < -0.39 is 0 Å². The van der Waals surface area contributed by atoms with E-state index in [1.54, 1.807) is 11.8 Å². The van der Waals surface area contributed by atoms with Crippen molar-refractivity contribution in [3.05, 3.63) is 29.8 Å². The molecule has 0 unspecified atom stereocenters. The van der Waals surface area contributed by atoms with Crippen molar-refractivity contribution in [3.63, 3.8) is 0 Å². The van der Waals surface area contributed by atoms with Crippen molar-refractivity contribution in [2.24, 2.45) is 0 Å². The van der Waals surface area contributed by atoms with Gasteiger partial charge in [0.15, 0.2) is 0 Å². The zero-order valence-corrected chi connectivity index (χ0v) is 12.9. The molecule has 0 aliphatic rings. The lowest BCUT2D eigenvalue weighted by Crippen LogP contribution is -2.31. The molecule has 3 nitrogen and oxygen atoms in total. The van der Waals surface area contributed by atoms with Crippen molar-refractivity contribution < 1.29 is 4.79 Å². The van der Waals surface area contributed by atoms with Gasteiger partial charge in [-0.3, -0.25) is 4.79 Å². The molecule has 1 aromatic rings.